The van der Waals surface area contributed by atoms with Crippen LogP contribution in [-0.2, 0) is 11.2 Å². The average Bonchev–Trinajstić information content (AvgIpc) is 2.69. The molecule has 136 valence electrons. The predicted molar refractivity (Wildman–Crippen MR) is 109 cm³/mol. The van der Waals surface area contributed by atoms with E-state index >= 15 is 0 Å². The van der Waals surface area contributed by atoms with Gasteiger partial charge in [0.05, 0.1) is 11.4 Å². The molecule has 0 spiro atoms. The van der Waals surface area contributed by atoms with Crippen molar-refractivity contribution in [1.82, 2.24) is 0 Å². The zero-order valence-corrected chi connectivity index (χ0v) is 14.8. The molecule has 3 aromatic carbocycles. The Bertz CT molecular complexity index is 896. The molecule has 3 rings (SSSR count). The van der Waals surface area contributed by atoms with E-state index in [0.717, 1.165) is 5.56 Å². The summed E-state index contributed by atoms with van der Waals surface area (Å²) >= 11 is 0. The first-order chi connectivity index (χ1) is 13.2. The van der Waals surface area contributed by atoms with Gasteiger partial charge in [-0.1, -0.05) is 60.7 Å². The SMILES string of the molecule is O=C(CCc1ccccc1)Nc1ccccc1NC(=O)Nc1ccccc1. The van der Waals surface area contributed by atoms with Crippen molar-refractivity contribution in [2.75, 3.05) is 16.0 Å². The molecular formula is C22H21N3O2. The Labute approximate surface area is 158 Å². The monoisotopic (exact) mass is 359 g/mol. The Morgan fingerprint density at radius 1 is 0.630 bits per heavy atom. The van der Waals surface area contributed by atoms with E-state index in [1.165, 1.54) is 0 Å². The molecule has 0 saturated heterocycles. The minimum Gasteiger partial charge on any atom is -0.324 e. The highest BCUT2D eigenvalue weighted by atomic mass is 16.2. The topological polar surface area (TPSA) is 70.2 Å². The third kappa shape index (κ3) is 5.71. The number of carbonyl (C=O) groups is 2. The first-order valence-corrected chi connectivity index (χ1v) is 8.76. The summed E-state index contributed by atoms with van der Waals surface area (Å²) in [6.07, 6.45) is 1.03. The molecule has 0 radical (unpaired) electrons. The lowest BCUT2D eigenvalue weighted by atomic mass is 10.1. The molecule has 0 aromatic heterocycles. The van der Waals surface area contributed by atoms with Crippen LogP contribution in [0.2, 0.25) is 0 Å². The van der Waals surface area contributed by atoms with Gasteiger partial charge in [-0.2, -0.15) is 0 Å². The molecular weight excluding hydrogens is 338 g/mol. The molecule has 3 N–H and O–H groups in total. The molecule has 5 nitrogen and oxygen atoms in total. The summed E-state index contributed by atoms with van der Waals surface area (Å²) < 4.78 is 0. The van der Waals surface area contributed by atoms with E-state index in [1.54, 1.807) is 30.3 Å². The van der Waals surface area contributed by atoms with Gasteiger partial charge in [0, 0.05) is 12.1 Å². The maximum absolute atomic E-state index is 12.3. The molecule has 0 atom stereocenters. The summed E-state index contributed by atoms with van der Waals surface area (Å²) in [4.78, 5) is 24.5. The van der Waals surface area contributed by atoms with Gasteiger partial charge in [-0.15, -0.1) is 0 Å². The minimum absolute atomic E-state index is 0.100. The minimum atomic E-state index is -0.368. The highest BCUT2D eigenvalue weighted by Crippen LogP contribution is 2.21. The Balaban J connectivity index is 1.58. The maximum Gasteiger partial charge on any atom is 0.323 e. The van der Waals surface area contributed by atoms with Gasteiger partial charge in [0.15, 0.2) is 0 Å². The van der Waals surface area contributed by atoms with E-state index in [-0.39, 0.29) is 11.9 Å². The zero-order valence-electron chi connectivity index (χ0n) is 14.8. The zero-order chi connectivity index (χ0) is 18.9. The van der Waals surface area contributed by atoms with Gasteiger partial charge in [-0.3, -0.25) is 4.79 Å². The lowest BCUT2D eigenvalue weighted by Crippen LogP contribution is -2.21. The summed E-state index contributed by atoms with van der Waals surface area (Å²) in [7, 11) is 0. The van der Waals surface area contributed by atoms with Crippen LogP contribution in [0, 0.1) is 0 Å². The van der Waals surface area contributed by atoms with E-state index in [4.69, 9.17) is 0 Å². The van der Waals surface area contributed by atoms with Crippen molar-refractivity contribution in [1.29, 1.82) is 0 Å². The molecule has 0 aliphatic carbocycles. The van der Waals surface area contributed by atoms with Crippen LogP contribution < -0.4 is 16.0 Å². The second-order valence-corrected chi connectivity index (χ2v) is 6.02. The fourth-order valence-electron chi connectivity index (χ4n) is 2.62. The van der Waals surface area contributed by atoms with Crippen LogP contribution >= 0.6 is 0 Å². The van der Waals surface area contributed by atoms with Crippen molar-refractivity contribution < 1.29 is 9.59 Å². The first kappa shape index (κ1) is 18.2. The molecule has 0 fully saturated rings. The van der Waals surface area contributed by atoms with Crippen LogP contribution in [0.3, 0.4) is 0 Å². The summed E-state index contributed by atoms with van der Waals surface area (Å²) in [6, 6.07) is 25.8. The molecule has 0 heterocycles. The van der Waals surface area contributed by atoms with E-state index in [0.29, 0.717) is 29.9 Å². The first-order valence-electron chi connectivity index (χ1n) is 8.76. The molecule has 0 bridgehead atoms. The smallest absolute Gasteiger partial charge is 0.323 e. The number of rotatable bonds is 6. The van der Waals surface area contributed by atoms with Gasteiger partial charge in [0.2, 0.25) is 5.91 Å². The second kappa shape index (κ2) is 9.20. The number of para-hydroxylation sites is 3. The largest absolute Gasteiger partial charge is 0.324 e. The van der Waals surface area contributed by atoms with Crippen molar-refractivity contribution in [3.8, 4) is 0 Å². The molecule has 0 unspecified atom stereocenters. The molecule has 0 aliphatic heterocycles. The quantitative estimate of drug-likeness (QED) is 0.586. The number of anilines is 3. The number of carbonyl (C=O) groups excluding carboxylic acids is 2. The summed E-state index contributed by atoms with van der Waals surface area (Å²) in [6.45, 7) is 0. The van der Waals surface area contributed by atoms with Crippen molar-refractivity contribution in [2.24, 2.45) is 0 Å². The van der Waals surface area contributed by atoms with Crippen LogP contribution in [-0.4, -0.2) is 11.9 Å². The average molecular weight is 359 g/mol. The molecule has 0 saturated carbocycles. The molecule has 5 heteroatoms. The number of amides is 3. The van der Waals surface area contributed by atoms with Gasteiger partial charge in [0.1, 0.15) is 0 Å². The fraction of sp³-hybridized carbons (Fsp3) is 0.0909. The summed E-state index contributed by atoms with van der Waals surface area (Å²) in [5.74, 6) is -0.100. The summed E-state index contributed by atoms with van der Waals surface area (Å²) in [5.41, 5.74) is 2.92. The van der Waals surface area contributed by atoms with E-state index < -0.39 is 0 Å². The Morgan fingerprint density at radius 2 is 1.19 bits per heavy atom. The molecule has 3 amide bonds. The van der Waals surface area contributed by atoms with Crippen LogP contribution in [0.15, 0.2) is 84.9 Å². The standard InChI is InChI=1S/C22H21N3O2/c26-21(16-15-17-9-3-1-4-10-17)24-19-13-7-8-14-20(19)25-22(27)23-18-11-5-2-6-12-18/h1-14H,15-16H2,(H,24,26)(H2,23,25,27). The lowest BCUT2D eigenvalue weighted by Gasteiger charge is -2.13. The van der Waals surface area contributed by atoms with Gasteiger partial charge >= 0.3 is 6.03 Å². The van der Waals surface area contributed by atoms with Gasteiger partial charge < -0.3 is 16.0 Å². The van der Waals surface area contributed by atoms with E-state index in [9.17, 15) is 9.59 Å². The van der Waals surface area contributed by atoms with Crippen molar-refractivity contribution in [3.05, 3.63) is 90.5 Å². The number of urea groups is 1. The molecule has 0 aliphatic rings. The van der Waals surface area contributed by atoms with Crippen molar-refractivity contribution in [3.63, 3.8) is 0 Å². The van der Waals surface area contributed by atoms with Gasteiger partial charge in [0.25, 0.3) is 0 Å². The van der Waals surface area contributed by atoms with Crippen molar-refractivity contribution in [2.45, 2.75) is 12.8 Å². The fourth-order valence-corrected chi connectivity index (χ4v) is 2.62. The van der Waals surface area contributed by atoms with Crippen LogP contribution in [0.1, 0.15) is 12.0 Å². The highest BCUT2D eigenvalue weighted by molar-refractivity contribution is 6.03. The molecule has 3 aromatic rings. The third-order valence-electron chi connectivity index (χ3n) is 3.96. The number of hydrogen-bond donors (Lipinski definition) is 3. The normalized spacial score (nSPS) is 10.1. The predicted octanol–water partition coefficient (Wildman–Crippen LogP) is 4.90. The number of benzene rings is 3. The lowest BCUT2D eigenvalue weighted by molar-refractivity contribution is -0.116. The number of aryl methyl sites for hydroxylation is 1. The van der Waals surface area contributed by atoms with E-state index in [1.807, 2.05) is 54.6 Å². The third-order valence-corrected chi connectivity index (χ3v) is 3.96. The Kier molecular flexibility index (Phi) is 6.20. The van der Waals surface area contributed by atoms with Crippen LogP contribution in [0.4, 0.5) is 21.9 Å². The van der Waals surface area contributed by atoms with Crippen molar-refractivity contribution >= 4 is 29.0 Å². The van der Waals surface area contributed by atoms with Gasteiger partial charge in [-0.25, -0.2) is 4.79 Å². The van der Waals surface area contributed by atoms with Crippen LogP contribution in [0.5, 0.6) is 0 Å². The Hall–Kier alpha value is -3.60. The maximum atomic E-state index is 12.3. The van der Waals surface area contributed by atoms with Gasteiger partial charge in [-0.05, 0) is 36.2 Å². The van der Waals surface area contributed by atoms with E-state index in [2.05, 4.69) is 16.0 Å². The number of hydrogen-bond acceptors (Lipinski definition) is 2. The summed E-state index contributed by atoms with van der Waals surface area (Å²) in [5, 5.41) is 8.40. The second-order valence-electron chi connectivity index (χ2n) is 6.02. The van der Waals surface area contributed by atoms with Crippen LogP contribution in [0.25, 0.3) is 0 Å². The molecule has 27 heavy (non-hydrogen) atoms. The Morgan fingerprint density at radius 3 is 1.85 bits per heavy atom. The highest BCUT2D eigenvalue weighted by Gasteiger charge is 2.09. The number of nitrogens with one attached hydrogen (secondary N) is 3.